The van der Waals surface area contributed by atoms with Gasteiger partial charge < -0.3 is 10.7 Å². The van der Waals surface area contributed by atoms with Gasteiger partial charge in [0, 0.05) is 41.0 Å². The number of primary amides is 1. The lowest BCUT2D eigenvalue weighted by Crippen LogP contribution is -2.24. The number of hydrogen-bond donors (Lipinski definition) is 2. The number of carbonyl (C=O) groups excluding carboxylic acids is 1. The van der Waals surface area contributed by atoms with E-state index < -0.39 is 5.91 Å². The maximum atomic E-state index is 12.5. The summed E-state index contributed by atoms with van der Waals surface area (Å²) < 4.78 is 0. The molecule has 1 saturated heterocycles. The van der Waals surface area contributed by atoms with Crippen LogP contribution in [-0.4, -0.2) is 27.3 Å². The molecule has 132 valence electrons. The van der Waals surface area contributed by atoms with Crippen molar-refractivity contribution >= 4 is 16.8 Å². The second kappa shape index (κ2) is 6.72. The number of nitrogens with one attached hydrogen (secondary N) is 1. The molecule has 1 fully saturated rings. The fourth-order valence-electron chi connectivity index (χ4n) is 3.68. The van der Waals surface area contributed by atoms with Crippen molar-refractivity contribution in [2.75, 3.05) is 6.54 Å². The zero-order valence-electron chi connectivity index (χ0n) is 14.3. The zero-order chi connectivity index (χ0) is 18.1. The Morgan fingerprint density at radius 3 is 2.92 bits per heavy atom. The van der Waals surface area contributed by atoms with Gasteiger partial charge >= 0.3 is 0 Å². The molecule has 6 nitrogen and oxygen atoms in total. The van der Waals surface area contributed by atoms with Crippen LogP contribution >= 0.6 is 0 Å². The molecule has 0 aliphatic carbocycles. The van der Waals surface area contributed by atoms with Crippen LogP contribution in [-0.2, 0) is 6.54 Å². The summed E-state index contributed by atoms with van der Waals surface area (Å²) >= 11 is 0. The van der Waals surface area contributed by atoms with Gasteiger partial charge in [-0.05, 0) is 49.7 Å². The van der Waals surface area contributed by atoms with Crippen LogP contribution in [0.3, 0.4) is 0 Å². The van der Waals surface area contributed by atoms with E-state index in [0.717, 1.165) is 30.8 Å². The van der Waals surface area contributed by atoms with Gasteiger partial charge in [-0.3, -0.25) is 19.5 Å². The molecule has 3 heterocycles. The maximum absolute atomic E-state index is 12.5. The molecule has 1 aromatic carbocycles. The Kier molecular flexibility index (Phi) is 4.26. The number of benzene rings is 1. The topological polar surface area (TPSA) is 92.1 Å². The third-order valence-corrected chi connectivity index (χ3v) is 4.94. The van der Waals surface area contributed by atoms with E-state index in [1.165, 1.54) is 0 Å². The monoisotopic (exact) mass is 348 g/mol. The molecule has 0 saturated carbocycles. The van der Waals surface area contributed by atoms with Crippen LogP contribution in [0.5, 0.6) is 0 Å². The predicted molar refractivity (Wildman–Crippen MR) is 99.7 cm³/mol. The lowest BCUT2D eigenvalue weighted by atomic mass is 10.1. The van der Waals surface area contributed by atoms with Crippen LogP contribution in [0.4, 0.5) is 0 Å². The van der Waals surface area contributed by atoms with E-state index in [-0.39, 0.29) is 11.5 Å². The number of nitrogens with two attached hydrogens (primary N) is 1. The number of nitrogens with zero attached hydrogens (tertiary/aromatic N) is 2. The smallest absolute Gasteiger partial charge is 0.248 e. The van der Waals surface area contributed by atoms with Gasteiger partial charge in [0.15, 0.2) is 5.43 Å². The Morgan fingerprint density at radius 2 is 2.15 bits per heavy atom. The fourth-order valence-corrected chi connectivity index (χ4v) is 3.68. The number of aromatic amines is 1. The predicted octanol–water partition coefficient (Wildman–Crippen LogP) is 2.36. The minimum Gasteiger partial charge on any atom is -0.366 e. The van der Waals surface area contributed by atoms with Gasteiger partial charge in [0.2, 0.25) is 5.91 Å². The number of H-pyrrole nitrogens is 1. The first kappa shape index (κ1) is 16.5. The molecule has 3 N–H and O–H groups in total. The summed E-state index contributed by atoms with van der Waals surface area (Å²) in [6.45, 7) is 1.63. The van der Waals surface area contributed by atoms with Gasteiger partial charge in [0.1, 0.15) is 0 Å². The highest BCUT2D eigenvalue weighted by Crippen LogP contribution is 2.31. The third-order valence-electron chi connectivity index (χ3n) is 4.94. The normalized spacial score (nSPS) is 17.6. The SMILES string of the molecule is NC(=O)c1ccc2[nH]c(CN3CCC[C@H]3c3ccccn3)cc(=O)c2c1. The first-order chi connectivity index (χ1) is 12.6. The van der Waals surface area contributed by atoms with Gasteiger partial charge in [0.05, 0.1) is 11.7 Å². The molecule has 1 aliphatic rings. The molecule has 1 aliphatic heterocycles. The van der Waals surface area contributed by atoms with Crippen molar-refractivity contribution in [1.29, 1.82) is 0 Å². The van der Waals surface area contributed by atoms with Crippen LogP contribution in [0.15, 0.2) is 53.5 Å². The summed E-state index contributed by atoms with van der Waals surface area (Å²) in [5.74, 6) is -0.536. The number of aromatic nitrogens is 2. The lowest BCUT2D eigenvalue weighted by molar-refractivity contribution is 0.100. The van der Waals surface area contributed by atoms with Crippen LogP contribution in [0.1, 0.15) is 40.6 Å². The molecule has 3 aromatic rings. The second-order valence-electron chi connectivity index (χ2n) is 6.67. The molecule has 4 rings (SSSR count). The Labute approximate surface area is 150 Å². The van der Waals surface area contributed by atoms with Gasteiger partial charge in [-0.2, -0.15) is 0 Å². The largest absolute Gasteiger partial charge is 0.366 e. The summed E-state index contributed by atoms with van der Waals surface area (Å²) in [6, 6.07) is 12.8. The zero-order valence-corrected chi connectivity index (χ0v) is 14.3. The first-order valence-corrected chi connectivity index (χ1v) is 8.72. The molecule has 6 heteroatoms. The fraction of sp³-hybridized carbons (Fsp3) is 0.250. The van der Waals surface area contributed by atoms with E-state index in [1.807, 2.05) is 18.3 Å². The average molecular weight is 348 g/mol. The molecule has 1 amide bonds. The minimum absolute atomic E-state index is 0.106. The van der Waals surface area contributed by atoms with Crippen molar-refractivity contribution in [2.45, 2.75) is 25.4 Å². The Bertz CT molecular complexity index is 1010. The summed E-state index contributed by atoms with van der Waals surface area (Å²) in [5.41, 5.74) is 8.17. The second-order valence-corrected chi connectivity index (χ2v) is 6.67. The highest BCUT2D eigenvalue weighted by molar-refractivity contribution is 5.96. The Morgan fingerprint density at radius 1 is 1.27 bits per heavy atom. The Hall–Kier alpha value is -2.99. The number of fused-ring (bicyclic) bond motifs is 1. The number of pyridine rings is 2. The number of rotatable bonds is 4. The summed E-state index contributed by atoms with van der Waals surface area (Å²) in [4.78, 5) is 34.0. The molecule has 0 radical (unpaired) electrons. The molecule has 0 unspecified atom stereocenters. The van der Waals surface area contributed by atoms with Crippen molar-refractivity contribution < 1.29 is 4.79 Å². The molecular weight excluding hydrogens is 328 g/mol. The highest BCUT2D eigenvalue weighted by atomic mass is 16.1. The highest BCUT2D eigenvalue weighted by Gasteiger charge is 2.27. The number of hydrogen-bond acceptors (Lipinski definition) is 4. The average Bonchev–Trinajstić information content (AvgIpc) is 3.10. The van der Waals surface area contributed by atoms with Gasteiger partial charge in [-0.15, -0.1) is 0 Å². The van der Waals surface area contributed by atoms with E-state index in [9.17, 15) is 9.59 Å². The minimum atomic E-state index is -0.536. The van der Waals surface area contributed by atoms with Crippen molar-refractivity contribution in [2.24, 2.45) is 5.73 Å². The Balaban J connectivity index is 1.64. The summed E-state index contributed by atoms with van der Waals surface area (Å²) in [5, 5.41) is 0.479. The van der Waals surface area contributed by atoms with E-state index in [1.54, 1.807) is 24.3 Å². The molecule has 1 atom stereocenters. The number of amides is 1. The number of likely N-dealkylation sites (tertiary alicyclic amines) is 1. The quantitative estimate of drug-likeness (QED) is 0.757. The molecule has 0 bridgehead atoms. The van der Waals surface area contributed by atoms with Crippen molar-refractivity contribution in [3.8, 4) is 0 Å². The molecular formula is C20H20N4O2. The molecule has 0 spiro atoms. The first-order valence-electron chi connectivity index (χ1n) is 8.72. The summed E-state index contributed by atoms with van der Waals surface area (Å²) in [7, 11) is 0. The maximum Gasteiger partial charge on any atom is 0.248 e. The van der Waals surface area contributed by atoms with Crippen LogP contribution < -0.4 is 11.2 Å². The van der Waals surface area contributed by atoms with E-state index >= 15 is 0 Å². The van der Waals surface area contributed by atoms with Crippen LogP contribution in [0.2, 0.25) is 0 Å². The van der Waals surface area contributed by atoms with Crippen molar-refractivity contribution in [3.63, 3.8) is 0 Å². The standard InChI is InChI=1S/C20H20N4O2/c21-20(26)13-6-7-16-15(10-13)19(25)11-14(23-16)12-24-9-3-5-18(24)17-4-1-2-8-22-17/h1-2,4,6-8,10-11,18H,3,5,9,12H2,(H2,21,26)(H,23,25)/t18-/m0/s1. The summed E-state index contributed by atoms with van der Waals surface area (Å²) in [6.07, 6.45) is 4.00. The van der Waals surface area contributed by atoms with E-state index in [4.69, 9.17) is 5.73 Å². The molecule has 26 heavy (non-hydrogen) atoms. The van der Waals surface area contributed by atoms with Crippen molar-refractivity contribution in [3.05, 3.63) is 75.8 Å². The van der Waals surface area contributed by atoms with E-state index in [2.05, 4.69) is 20.9 Å². The van der Waals surface area contributed by atoms with Gasteiger partial charge in [0.25, 0.3) is 0 Å². The van der Waals surface area contributed by atoms with Crippen LogP contribution in [0, 0.1) is 0 Å². The van der Waals surface area contributed by atoms with Gasteiger partial charge in [-0.1, -0.05) is 6.07 Å². The molecule has 2 aromatic heterocycles. The van der Waals surface area contributed by atoms with Gasteiger partial charge in [-0.25, -0.2) is 0 Å². The lowest BCUT2D eigenvalue weighted by Gasteiger charge is -2.24. The van der Waals surface area contributed by atoms with Crippen molar-refractivity contribution in [1.82, 2.24) is 14.9 Å². The van der Waals surface area contributed by atoms with Crippen LogP contribution in [0.25, 0.3) is 10.9 Å². The third kappa shape index (κ3) is 3.11. The van der Waals surface area contributed by atoms with E-state index in [0.29, 0.717) is 23.0 Å². The number of carbonyl (C=O) groups is 1.